The Morgan fingerprint density at radius 1 is 1.33 bits per heavy atom. The number of aliphatic carboxylic acids is 1. The van der Waals surface area contributed by atoms with E-state index in [9.17, 15) is 9.90 Å². The molecule has 1 aliphatic carbocycles. The SMILES string of the molecule is COC1CCCC(N2Cc3ccccc3C(C(=O)O)C2)C1. The summed E-state index contributed by atoms with van der Waals surface area (Å²) in [5, 5.41) is 9.55. The fraction of sp³-hybridized carbons (Fsp3) is 0.588. The maximum absolute atomic E-state index is 11.6. The number of benzene rings is 1. The molecule has 0 aromatic heterocycles. The van der Waals surface area contributed by atoms with Crippen LogP contribution >= 0.6 is 0 Å². The highest BCUT2D eigenvalue weighted by atomic mass is 16.5. The largest absolute Gasteiger partial charge is 0.481 e. The number of hydrogen-bond acceptors (Lipinski definition) is 3. The molecule has 1 N–H and O–H groups in total. The quantitative estimate of drug-likeness (QED) is 0.929. The third-order valence-corrected chi connectivity index (χ3v) is 4.97. The van der Waals surface area contributed by atoms with Gasteiger partial charge >= 0.3 is 5.97 Å². The first-order chi connectivity index (χ1) is 10.2. The number of ether oxygens (including phenoxy) is 1. The Bertz CT molecular complexity index is 517. The molecule has 21 heavy (non-hydrogen) atoms. The van der Waals surface area contributed by atoms with E-state index in [0.29, 0.717) is 18.7 Å². The van der Waals surface area contributed by atoms with Crippen molar-refractivity contribution in [3.8, 4) is 0 Å². The highest BCUT2D eigenvalue weighted by Gasteiger charge is 2.35. The van der Waals surface area contributed by atoms with Crippen molar-refractivity contribution in [1.29, 1.82) is 0 Å². The topological polar surface area (TPSA) is 49.8 Å². The summed E-state index contributed by atoms with van der Waals surface area (Å²) in [4.78, 5) is 14.0. The van der Waals surface area contributed by atoms with E-state index in [4.69, 9.17) is 4.74 Å². The zero-order chi connectivity index (χ0) is 14.8. The van der Waals surface area contributed by atoms with Crippen molar-refractivity contribution in [2.24, 2.45) is 0 Å². The van der Waals surface area contributed by atoms with Crippen LogP contribution in [-0.4, -0.2) is 41.8 Å². The second kappa shape index (κ2) is 6.16. The lowest BCUT2D eigenvalue weighted by Crippen LogP contribution is -2.45. The number of nitrogens with zero attached hydrogens (tertiary/aromatic N) is 1. The van der Waals surface area contributed by atoms with Gasteiger partial charge in [-0.05, 0) is 36.8 Å². The second-order valence-electron chi connectivity index (χ2n) is 6.20. The van der Waals surface area contributed by atoms with Gasteiger partial charge in [-0.25, -0.2) is 0 Å². The fourth-order valence-electron chi connectivity index (χ4n) is 3.79. The average molecular weight is 289 g/mol. The molecule has 3 rings (SSSR count). The molecule has 2 aliphatic rings. The minimum atomic E-state index is -0.716. The molecular formula is C17H23NO3. The molecule has 4 heteroatoms. The minimum absolute atomic E-state index is 0.323. The molecule has 1 saturated carbocycles. The number of methoxy groups -OCH3 is 1. The second-order valence-corrected chi connectivity index (χ2v) is 6.20. The third-order valence-electron chi connectivity index (χ3n) is 4.97. The normalized spacial score (nSPS) is 29.9. The van der Waals surface area contributed by atoms with E-state index in [-0.39, 0.29) is 0 Å². The summed E-state index contributed by atoms with van der Waals surface area (Å²) in [7, 11) is 1.78. The number of carboxylic acids is 1. The standard InChI is InChI=1S/C17H23NO3/c1-21-14-7-4-6-13(9-14)18-10-12-5-2-3-8-15(12)16(11-18)17(19)20/h2-3,5,8,13-14,16H,4,6-7,9-11H2,1H3,(H,19,20). The van der Waals surface area contributed by atoms with Crippen LogP contribution in [0.15, 0.2) is 24.3 Å². The Morgan fingerprint density at radius 3 is 2.90 bits per heavy atom. The molecule has 4 nitrogen and oxygen atoms in total. The first-order valence-electron chi connectivity index (χ1n) is 7.76. The van der Waals surface area contributed by atoms with Crippen LogP contribution in [0.5, 0.6) is 0 Å². The Hall–Kier alpha value is -1.39. The highest BCUT2D eigenvalue weighted by molar-refractivity contribution is 5.77. The Morgan fingerprint density at radius 2 is 2.14 bits per heavy atom. The lowest BCUT2D eigenvalue weighted by molar-refractivity contribution is -0.140. The van der Waals surface area contributed by atoms with Gasteiger partial charge in [-0.2, -0.15) is 0 Å². The Kier molecular flexibility index (Phi) is 4.27. The van der Waals surface area contributed by atoms with E-state index in [0.717, 1.165) is 36.9 Å². The molecule has 1 fully saturated rings. The summed E-state index contributed by atoms with van der Waals surface area (Å²) < 4.78 is 5.51. The predicted molar refractivity (Wildman–Crippen MR) is 80.3 cm³/mol. The van der Waals surface area contributed by atoms with Gasteiger partial charge in [-0.15, -0.1) is 0 Å². The highest BCUT2D eigenvalue weighted by Crippen LogP contribution is 2.33. The molecule has 3 unspecified atom stereocenters. The minimum Gasteiger partial charge on any atom is -0.481 e. The fourth-order valence-corrected chi connectivity index (χ4v) is 3.79. The molecule has 1 heterocycles. The maximum Gasteiger partial charge on any atom is 0.312 e. The first-order valence-corrected chi connectivity index (χ1v) is 7.76. The first kappa shape index (κ1) is 14.5. The molecule has 0 bridgehead atoms. The van der Waals surface area contributed by atoms with E-state index in [1.165, 1.54) is 6.42 Å². The molecule has 0 radical (unpaired) electrons. The zero-order valence-electron chi connectivity index (χ0n) is 12.5. The lowest BCUT2D eigenvalue weighted by atomic mass is 9.85. The molecule has 0 spiro atoms. The smallest absolute Gasteiger partial charge is 0.312 e. The van der Waals surface area contributed by atoms with Crippen LogP contribution in [0.4, 0.5) is 0 Å². The van der Waals surface area contributed by atoms with Crippen molar-refractivity contribution < 1.29 is 14.6 Å². The van der Waals surface area contributed by atoms with Crippen molar-refractivity contribution in [3.63, 3.8) is 0 Å². The summed E-state index contributed by atoms with van der Waals surface area (Å²) in [6.07, 6.45) is 4.78. The van der Waals surface area contributed by atoms with Crippen LogP contribution in [0.1, 0.15) is 42.7 Å². The van der Waals surface area contributed by atoms with E-state index in [2.05, 4.69) is 11.0 Å². The molecular weight excluding hydrogens is 266 g/mol. The van der Waals surface area contributed by atoms with E-state index >= 15 is 0 Å². The zero-order valence-corrected chi connectivity index (χ0v) is 12.5. The van der Waals surface area contributed by atoms with E-state index < -0.39 is 11.9 Å². The number of carbonyl (C=O) groups is 1. The third kappa shape index (κ3) is 2.97. The van der Waals surface area contributed by atoms with Crippen LogP contribution in [0, 0.1) is 0 Å². The number of rotatable bonds is 3. The molecule has 114 valence electrons. The summed E-state index contributed by atoms with van der Waals surface area (Å²) >= 11 is 0. The Labute approximate surface area is 125 Å². The van der Waals surface area contributed by atoms with E-state index in [1.807, 2.05) is 18.2 Å². The van der Waals surface area contributed by atoms with Gasteiger partial charge in [-0.1, -0.05) is 24.3 Å². The molecule has 3 atom stereocenters. The summed E-state index contributed by atoms with van der Waals surface area (Å²) in [5.41, 5.74) is 2.15. The van der Waals surface area contributed by atoms with Gasteiger partial charge in [0, 0.05) is 26.2 Å². The van der Waals surface area contributed by atoms with Gasteiger partial charge in [0.15, 0.2) is 0 Å². The monoisotopic (exact) mass is 289 g/mol. The molecule has 0 amide bonds. The van der Waals surface area contributed by atoms with Gasteiger partial charge in [0.1, 0.15) is 0 Å². The van der Waals surface area contributed by atoms with Gasteiger partial charge < -0.3 is 9.84 Å². The number of fused-ring (bicyclic) bond motifs is 1. The van der Waals surface area contributed by atoms with Gasteiger partial charge in [-0.3, -0.25) is 9.69 Å². The van der Waals surface area contributed by atoms with Gasteiger partial charge in [0.25, 0.3) is 0 Å². The molecule has 1 aromatic rings. The summed E-state index contributed by atoms with van der Waals surface area (Å²) in [6, 6.07) is 8.41. The maximum atomic E-state index is 11.6. The number of carboxylic acid groups (broad SMARTS) is 1. The summed E-state index contributed by atoms with van der Waals surface area (Å²) in [6.45, 7) is 1.48. The summed E-state index contributed by atoms with van der Waals surface area (Å²) in [5.74, 6) is -1.12. The van der Waals surface area contributed by atoms with Gasteiger partial charge in [0.2, 0.25) is 0 Å². The van der Waals surface area contributed by atoms with Crippen LogP contribution in [0.3, 0.4) is 0 Å². The van der Waals surface area contributed by atoms with E-state index in [1.54, 1.807) is 7.11 Å². The van der Waals surface area contributed by atoms with Crippen molar-refractivity contribution >= 4 is 5.97 Å². The van der Waals surface area contributed by atoms with Crippen molar-refractivity contribution in [3.05, 3.63) is 35.4 Å². The van der Waals surface area contributed by atoms with Crippen molar-refractivity contribution in [2.75, 3.05) is 13.7 Å². The molecule has 1 aliphatic heterocycles. The number of hydrogen-bond donors (Lipinski definition) is 1. The van der Waals surface area contributed by atoms with Crippen LogP contribution < -0.4 is 0 Å². The average Bonchev–Trinajstić information content (AvgIpc) is 2.53. The van der Waals surface area contributed by atoms with Crippen LogP contribution in [0.25, 0.3) is 0 Å². The van der Waals surface area contributed by atoms with Gasteiger partial charge in [0.05, 0.1) is 12.0 Å². The van der Waals surface area contributed by atoms with Crippen LogP contribution in [-0.2, 0) is 16.1 Å². The van der Waals surface area contributed by atoms with Crippen molar-refractivity contribution in [1.82, 2.24) is 4.90 Å². The lowest BCUT2D eigenvalue weighted by Gasteiger charge is -2.41. The molecule has 0 saturated heterocycles. The predicted octanol–water partition coefficient (Wildman–Crippen LogP) is 2.63. The Balaban J connectivity index is 1.81. The molecule has 1 aromatic carbocycles. The van der Waals surface area contributed by atoms with Crippen LogP contribution in [0.2, 0.25) is 0 Å². The van der Waals surface area contributed by atoms with Crippen molar-refractivity contribution in [2.45, 2.75) is 50.3 Å².